The molecule has 0 unspecified atom stereocenters. The molecule has 1 aliphatic carbocycles. The number of benzene rings is 2. The number of carbonyl (C=O) groups excluding carboxylic acids is 1. The molecule has 3 nitrogen and oxygen atoms in total. The highest BCUT2D eigenvalue weighted by Gasteiger charge is 2.54. The lowest BCUT2D eigenvalue weighted by atomic mass is 9.89. The zero-order chi connectivity index (χ0) is 18.3. The maximum atomic E-state index is 13.5. The summed E-state index contributed by atoms with van der Waals surface area (Å²) in [6.45, 7) is 6.42. The smallest absolute Gasteiger partial charge is 0.233 e. The fourth-order valence-electron chi connectivity index (χ4n) is 4.66. The number of amides is 1. The standard InChI is InChI=1S/C23H28N2O/c1-16-10-17(2)12-20(11-16)23(8-9-23)22(26)25-14-19(13-24)21(15-25)18-6-4-3-5-7-18/h3-7,10-12,19,21H,8-9,13-15,24H2,1-2H3/t19-,21+/m1/s1. The molecule has 2 atom stereocenters. The number of aryl methyl sites for hydroxylation is 2. The lowest BCUT2D eigenvalue weighted by molar-refractivity contribution is -0.133. The fourth-order valence-corrected chi connectivity index (χ4v) is 4.66. The summed E-state index contributed by atoms with van der Waals surface area (Å²) in [6.07, 6.45) is 1.93. The molecule has 1 amide bonds. The molecule has 1 saturated heterocycles. The lowest BCUT2D eigenvalue weighted by Gasteiger charge is -2.24. The van der Waals surface area contributed by atoms with Crippen molar-refractivity contribution in [1.82, 2.24) is 4.90 Å². The summed E-state index contributed by atoms with van der Waals surface area (Å²) in [4.78, 5) is 15.6. The average Bonchev–Trinajstić information content (AvgIpc) is 3.34. The van der Waals surface area contributed by atoms with Gasteiger partial charge in [-0.3, -0.25) is 4.79 Å². The number of rotatable bonds is 4. The Balaban J connectivity index is 1.59. The molecule has 2 N–H and O–H groups in total. The molecular formula is C23H28N2O. The first-order valence-electron chi connectivity index (χ1n) is 9.67. The number of hydrogen-bond acceptors (Lipinski definition) is 2. The molecule has 136 valence electrons. The molecular weight excluding hydrogens is 320 g/mol. The van der Waals surface area contributed by atoms with E-state index in [1.54, 1.807) is 0 Å². The van der Waals surface area contributed by atoms with Gasteiger partial charge in [-0.25, -0.2) is 0 Å². The highest BCUT2D eigenvalue weighted by molar-refractivity contribution is 5.91. The van der Waals surface area contributed by atoms with Gasteiger partial charge in [0, 0.05) is 19.0 Å². The van der Waals surface area contributed by atoms with Gasteiger partial charge in [-0.2, -0.15) is 0 Å². The maximum absolute atomic E-state index is 13.5. The number of likely N-dealkylation sites (tertiary alicyclic amines) is 1. The predicted octanol–water partition coefficient (Wildman–Crippen LogP) is 3.54. The first kappa shape index (κ1) is 17.3. The molecule has 0 bridgehead atoms. The van der Waals surface area contributed by atoms with Crippen molar-refractivity contribution >= 4 is 5.91 Å². The van der Waals surface area contributed by atoms with E-state index in [-0.39, 0.29) is 5.41 Å². The first-order chi connectivity index (χ1) is 12.5. The van der Waals surface area contributed by atoms with Crippen LogP contribution in [0, 0.1) is 19.8 Å². The topological polar surface area (TPSA) is 46.3 Å². The molecule has 0 spiro atoms. The minimum absolute atomic E-state index is 0.290. The molecule has 4 rings (SSSR count). The Bertz CT molecular complexity index is 790. The van der Waals surface area contributed by atoms with Crippen LogP contribution in [0.1, 0.15) is 41.0 Å². The lowest BCUT2D eigenvalue weighted by Crippen LogP contribution is -2.38. The SMILES string of the molecule is Cc1cc(C)cc(C2(C(=O)N3C[C@@H](CN)[C@H](c4ccccc4)C3)CC2)c1. The van der Waals surface area contributed by atoms with E-state index in [1.165, 1.54) is 22.3 Å². The Morgan fingerprint density at radius 2 is 1.73 bits per heavy atom. The van der Waals surface area contributed by atoms with Gasteiger partial charge in [-0.1, -0.05) is 59.7 Å². The molecule has 2 aliphatic rings. The molecule has 0 aromatic heterocycles. The minimum atomic E-state index is -0.290. The number of hydrogen-bond donors (Lipinski definition) is 1. The molecule has 1 aliphatic heterocycles. The molecule has 2 aromatic carbocycles. The summed E-state index contributed by atoms with van der Waals surface area (Å²) < 4.78 is 0. The Labute approximate surface area is 156 Å². The predicted molar refractivity (Wildman–Crippen MR) is 105 cm³/mol. The normalized spacial score (nSPS) is 23.9. The van der Waals surface area contributed by atoms with Crippen LogP contribution in [0.4, 0.5) is 0 Å². The van der Waals surface area contributed by atoms with E-state index in [9.17, 15) is 4.79 Å². The van der Waals surface area contributed by atoms with Crippen molar-refractivity contribution in [1.29, 1.82) is 0 Å². The van der Waals surface area contributed by atoms with Crippen LogP contribution in [0.25, 0.3) is 0 Å². The Hall–Kier alpha value is -2.13. The summed E-state index contributed by atoms with van der Waals surface area (Å²) in [5.74, 6) is 0.996. The second-order valence-electron chi connectivity index (χ2n) is 8.18. The van der Waals surface area contributed by atoms with E-state index in [0.29, 0.717) is 24.3 Å². The highest BCUT2D eigenvalue weighted by Crippen LogP contribution is 2.51. The van der Waals surface area contributed by atoms with Crippen LogP contribution in [0.2, 0.25) is 0 Å². The van der Waals surface area contributed by atoms with Crippen molar-refractivity contribution < 1.29 is 4.79 Å². The second kappa shape index (κ2) is 6.55. The van der Waals surface area contributed by atoms with E-state index in [0.717, 1.165) is 25.9 Å². The first-order valence-corrected chi connectivity index (χ1v) is 9.67. The van der Waals surface area contributed by atoms with Gasteiger partial charge in [0.15, 0.2) is 0 Å². The van der Waals surface area contributed by atoms with Crippen molar-refractivity contribution in [2.75, 3.05) is 19.6 Å². The highest BCUT2D eigenvalue weighted by atomic mass is 16.2. The third kappa shape index (κ3) is 2.95. The van der Waals surface area contributed by atoms with Crippen molar-refractivity contribution in [2.45, 2.75) is 38.0 Å². The zero-order valence-electron chi connectivity index (χ0n) is 15.7. The molecule has 1 saturated carbocycles. The molecule has 26 heavy (non-hydrogen) atoms. The van der Waals surface area contributed by atoms with Gasteiger partial charge in [0.2, 0.25) is 5.91 Å². The van der Waals surface area contributed by atoms with Crippen molar-refractivity contribution in [3.8, 4) is 0 Å². The van der Waals surface area contributed by atoms with Crippen LogP contribution >= 0.6 is 0 Å². The van der Waals surface area contributed by atoms with Crippen LogP contribution in [0.3, 0.4) is 0 Å². The monoisotopic (exact) mass is 348 g/mol. The molecule has 3 heteroatoms. The Morgan fingerprint density at radius 3 is 2.31 bits per heavy atom. The van der Waals surface area contributed by atoms with Crippen molar-refractivity contribution in [3.05, 3.63) is 70.8 Å². The average molecular weight is 348 g/mol. The van der Waals surface area contributed by atoms with Crippen molar-refractivity contribution in [3.63, 3.8) is 0 Å². The zero-order valence-corrected chi connectivity index (χ0v) is 15.7. The van der Waals surface area contributed by atoms with E-state index in [2.05, 4.69) is 61.2 Å². The van der Waals surface area contributed by atoms with Crippen molar-refractivity contribution in [2.24, 2.45) is 11.7 Å². The minimum Gasteiger partial charge on any atom is -0.341 e. The van der Waals surface area contributed by atoms with E-state index < -0.39 is 0 Å². The van der Waals surface area contributed by atoms with Crippen LogP contribution in [-0.4, -0.2) is 30.4 Å². The fraction of sp³-hybridized carbons (Fsp3) is 0.435. The van der Waals surface area contributed by atoms with Crippen LogP contribution in [0.15, 0.2) is 48.5 Å². The Kier molecular flexibility index (Phi) is 4.36. The summed E-state index contributed by atoms with van der Waals surface area (Å²) >= 11 is 0. The number of nitrogens with two attached hydrogens (primary N) is 1. The largest absolute Gasteiger partial charge is 0.341 e. The van der Waals surface area contributed by atoms with Gasteiger partial charge in [-0.05, 0) is 50.3 Å². The molecule has 2 aromatic rings. The van der Waals surface area contributed by atoms with Crippen LogP contribution in [0.5, 0.6) is 0 Å². The van der Waals surface area contributed by atoms with E-state index in [4.69, 9.17) is 5.73 Å². The Morgan fingerprint density at radius 1 is 1.08 bits per heavy atom. The van der Waals surface area contributed by atoms with Gasteiger partial charge < -0.3 is 10.6 Å². The summed E-state index contributed by atoms with van der Waals surface area (Å²) in [5.41, 5.74) is 10.7. The van der Waals surface area contributed by atoms with Gasteiger partial charge >= 0.3 is 0 Å². The van der Waals surface area contributed by atoms with Gasteiger partial charge in [0.1, 0.15) is 0 Å². The number of carbonyl (C=O) groups is 1. The third-order valence-electron chi connectivity index (χ3n) is 6.19. The molecule has 2 fully saturated rings. The van der Waals surface area contributed by atoms with E-state index in [1.807, 2.05) is 6.07 Å². The van der Waals surface area contributed by atoms with E-state index >= 15 is 0 Å². The third-order valence-corrected chi connectivity index (χ3v) is 6.19. The van der Waals surface area contributed by atoms with Gasteiger partial charge in [0.05, 0.1) is 5.41 Å². The van der Waals surface area contributed by atoms with Crippen LogP contribution < -0.4 is 5.73 Å². The summed E-state index contributed by atoms with van der Waals surface area (Å²) in [6, 6.07) is 17.1. The van der Waals surface area contributed by atoms with Gasteiger partial charge in [-0.15, -0.1) is 0 Å². The summed E-state index contributed by atoms with van der Waals surface area (Å²) in [7, 11) is 0. The van der Waals surface area contributed by atoms with Gasteiger partial charge in [0.25, 0.3) is 0 Å². The summed E-state index contributed by atoms with van der Waals surface area (Å²) in [5, 5.41) is 0. The molecule has 1 heterocycles. The second-order valence-corrected chi connectivity index (χ2v) is 8.18. The van der Waals surface area contributed by atoms with Crippen LogP contribution in [-0.2, 0) is 10.2 Å². The quantitative estimate of drug-likeness (QED) is 0.919. The number of nitrogens with zero attached hydrogens (tertiary/aromatic N) is 1. The maximum Gasteiger partial charge on any atom is 0.233 e. The molecule has 0 radical (unpaired) electrons.